The minimum Gasteiger partial charge on any atom is -0.390 e. The smallest absolute Gasteiger partial charge is 0.0653 e. The lowest BCUT2D eigenvalue weighted by molar-refractivity contribution is -0.120. The van der Waals surface area contributed by atoms with Crippen molar-refractivity contribution in [3.8, 4) is 0 Å². The summed E-state index contributed by atoms with van der Waals surface area (Å²) >= 11 is 0. The zero-order valence-corrected chi connectivity index (χ0v) is 11.1. The van der Waals surface area contributed by atoms with Gasteiger partial charge in [0.05, 0.1) is 5.60 Å². The summed E-state index contributed by atoms with van der Waals surface area (Å²) in [5.74, 6) is 1.12. The maximum absolute atomic E-state index is 10.6. The van der Waals surface area contributed by atoms with Crippen molar-refractivity contribution in [3.05, 3.63) is 12.2 Å². The van der Waals surface area contributed by atoms with Crippen molar-refractivity contribution < 1.29 is 5.11 Å². The van der Waals surface area contributed by atoms with E-state index in [4.69, 9.17) is 0 Å². The van der Waals surface area contributed by atoms with Crippen LogP contribution in [0.4, 0.5) is 0 Å². The van der Waals surface area contributed by atoms with Gasteiger partial charge in [-0.15, -0.1) is 0 Å². The van der Waals surface area contributed by atoms with Crippen molar-refractivity contribution in [3.63, 3.8) is 0 Å². The highest BCUT2D eigenvalue weighted by Crippen LogP contribution is 2.56. The highest BCUT2D eigenvalue weighted by Gasteiger charge is 2.50. The molecule has 2 fully saturated rings. The van der Waals surface area contributed by atoms with Crippen molar-refractivity contribution >= 4 is 0 Å². The molecule has 0 saturated heterocycles. The molecule has 0 aromatic rings. The molecular weight excluding hydrogens is 196 g/mol. The van der Waals surface area contributed by atoms with Crippen LogP contribution in [-0.4, -0.2) is 10.7 Å². The predicted octanol–water partition coefficient (Wildman–Crippen LogP) is 3.92. The van der Waals surface area contributed by atoms with Crippen molar-refractivity contribution in [2.24, 2.45) is 17.3 Å². The molecule has 0 aromatic carbocycles. The quantitative estimate of drug-likeness (QED) is 0.667. The fourth-order valence-electron chi connectivity index (χ4n) is 4.14. The van der Waals surface area contributed by atoms with Crippen molar-refractivity contribution in [2.45, 2.75) is 64.9 Å². The second-order valence-electron chi connectivity index (χ2n) is 6.73. The Balaban J connectivity index is 2.21. The Hall–Kier alpha value is -0.300. The van der Waals surface area contributed by atoms with Gasteiger partial charge in [0.1, 0.15) is 0 Å². The van der Waals surface area contributed by atoms with Gasteiger partial charge < -0.3 is 5.11 Å². The van der Waals surface area contributed by atoms with Crippen LogP contribution < -0.4 is 0 Å². The van der Waals surface area contributed by atoms with Crippen LogP contribution in [0, 0.1) is 17.3 Å². The molecule has 0 radical (unpaired) electrons. The van der Waals surface area contributed by atoms with E-state index in [1.165, 1.54) is 31.3 Å². The van der Waals surface area contributed by atoms with E-state index in [2.05, 4.69) is 27.4 Å². The summed E-state index contributed by atoms with van der Waals surface area (Å²) in [6.07, 6.45) is 7.17. The summed E-state index contributed by atoms with van der Waals surface area (Å²) < 4.78 is 0. The Bertz CT molecular complexity index is 292. The average Bonchev–Trinajstić information content (AvgIpc) is 2.15. The Morgan fingerprint density at radius 1 is 1.25 bits per heavy atom. The summed E-state index contributed by atoms with van der Waals surface area (Å²) in [6.45, 7) is 10.7. The van der Waals surface area contributed by atoms with Crippen molar-refractivity contribution in [2.75, 3.05) is 0 Å². The van der Waals surface area contributed by atoms with E-state index in [1.807, 2.05) is 0 Å². The lowest BCUT2D eigenvalue weighted by Gasteiger charge is -2.54. The molecule has 2 aliphatic rings. The summed E-state index contributed by atoms with van der Waals surface area (Å²) in [4.78, 5) is 0. The number of rotatable bonds is 1. The van der Waals surface area contributed by atoms with Crippen LogP contribution in [0.5, 0.6) is 0 Å². The molecule has 3 unspecified atom stereocenters. The first kappa shape index (κ1) is 12.2. The first-order valence-corrected chi connectivity index (χ1v) is 6.73. The molecular formula is C15H26O. The highest BCUT2D eigenvalue weighted by atomic mass is 16.3. The van der Waals surface area contributed by atoms with E-state index in [0.29, 0.717) is 17.3 Å². The molecule has 1 heteroatoms. The van der Waals surface area contributed by atoms with Gasteiger partial charge in [0.15, 0.2) is 0 Å². The molecule has 4 atom stereocenters. The molecule has 0 aliphatic heterocycles. The zero-order chi connectivity index (χ0) is 12.0. The number of allylic oxidation sites excluding steroid dienone is 1. The number of fused-ring (bicyclic) bond motifs is 1. The molecule has 1 N–H and O–H groups in total. The molecule has 16 heavy (non-hydrogen) atoms. The third-order valence-corrected chi connectivity index (χ3v) is 5.30. The first-order valence-electron chi connectivity index (χ1n) is 6.73. The van der Waals surface area contributed by atoms with Gasteiger partial charge in [-0.1, -0.05) is 25.5 Å². The second kappa shape index (κ2) is 3.87. The van der Waals surface area contributed by atoms with Crippen molar-refractivity contribution in [1.29, 1.82) is 0 Å². The lowest BCUT2D eigenvalue weighted by atomic mass is 9.53. The second-order valence-corrected chi connectivity index (χ2v) is 6.73. The Morgan fingerprint density at radius 3 is 2.56 bits per heavy atom. The summed E-state index contributed by atoms with van der Waals surface area (Å²) in [7, 11) is 0. The van der Waals surface area contributed by atoms with Gasteiger partial charge in [-0.25, -0.2) is 0 Å². The topological polar surface area (TPSA) is 20.2 Å². The van der Waals surface area contributed by atoms with Gasteiger partial charge in [-0.3, -0.25) is 0 Å². The largest absolute Gasteiger partial charge is 0.390 e. The maximum atomic E-state index is 10.6. The van der Waals surface area contributed by atoms with Crippen LogP contribution >= 0.6 is 0 Å². The Labute approximate surface area is 99.9 Å². The van der Waals surface area contributed by atoms with Gasteiger partial charge in [0, 0.05) is 0 Å². The number of hydrogen-bond donors (Lipinski definition) is 1. The van der Waals surface area contributed by atoms with Crippen LogP contribution in [0.3, 0.4) is 0 Å². The number of hydrogen-bond acceptors (Lipinski definition) is 1. The van der Waals surface area contributed by atoms with E-state index in [1.54, 1.807) is 0 Å². The van der Waals surface area contributed by atoms with Crippen molar-refractivity contribution in [1.82, 2.24) is 0 Å². The van der Waals surface area contributed by atoms with E-state index in [9.17, 15) is 5.11 Å². The molecule has 92 valence electrons. The van der Waals surface area contributed by atoms with E-state index >= 15 is 0 Å². The maximum Gasteiger partial charge on any atom is 0.0653 e. The third-order valence-electron chi connectivity index (χ3n) is 5.30. The number of aliphatic hydroxyl groups is 1. The van der Waals surface area contributed by atoms with Gasteiger partial charge in [-0.2, -0.15) is 0 Å². The SMILES string of the molecule is C=C(C)C1CC[C@]2(C)CCCC(C)(O)C2C1. The lowest BCUT2D eigenvalue weighted by Crippen LogP contribution is -2.51. The molecule has 1 nitrogen and oxygen atoms in total. The fourth-order valence-corrected chi connectivity index (χ4v) is 4.14. The molecule has 0 heterocycles. The summed E-state index contributed by atoms with van der Waals surface area (Å²) in [5.41, 5.74) is 1.25. The van der Waals surface area contributed by atoms with E-state index in [0.717, 1.165) is 12.8 Å². The van der Waals surface area contributed by atoms with E-state index in [-0.39, 0.29) is 0 Å². The van der Waals surface area contributed by atoms with Gasteiger partial charge in [0.25, 0.3) is 0 Å². The first-order chi connectivity index (χ1) is 7.35. The van der Waals surface area contributed by atoms with Crippen LogP contribution in [0.25, 0.3) is 0 Å². The van der Waals surface area contributed by atoms with Crippen LogP contribution in [0.2, 0.25) is 0 Å². The van der Waals surface area contributed by atoms with Crippen LogP contribution in [0.15, 0.2) is 12.2 Å². The normalized spacial score (nSPS) is 48.5. The van der Waals surface area contributed by atoms with Gasteiger partial charge in [0.2, 0.25) is 0 Å². The van der Waals surface area contributed by atoms with Crippen LogP contribution in [-0.2, 0) is 0 Å². The zero-order valence-electron chi connectivity index (χ0n) is 11.1. The molecule has 0 bridgehead atoms. The molecule has 2 rings (SSSR count). The summed E-state index contributed by atoms with van der Waals surface area (Å²) in [6, 6.07) is 0. The van der Waals surface area contributed by atoms with Gasteiger partial charge in [-0.05, 0) is 63.2 Å². The molecule has 0 spiro atoms. The minimum absolute atomic E-state index is 0.383. The van der Waals surface area contributed by atoms with E-state index < -0.39 is 5.60 Å². The monoisotopic (exact) mass is 222 g/mol. The molecule has 2 saturated carbocycles. The average molecular weight is 222 g/mol. The van der Waals surface area contributed by atoms with Crippen LogP contribution in [0.1, 0.15) is 59.3 Å². The molecule has 0 amide bonds. The third kappa shape index (κ3) is 1.95. The summed E-state index contributed by atoms with van der Waals surface area (Å²) in [5, 5.41) is 10.6. The Kier molecular flexibility index (Phi) is 2.94. The predicted molar refractivity (Wildman–Crippen MR) is 68.2 cm³/mol. The fraction of sp³-hybridized carbons (Fsp3) is 0.867. The molecule has 2 aliphatic carbocycles. The highest BCUT2D eigenvalue weighted by molar-refractivity contribution is 5.07. The molecule has 0 aromatic heterocycles. The minimum atomic E-state index is -0.443. The Morgan fingerprint density at radius 2 is 1.94 bits per heavy atom. The van der Waals surface area contributed by atoms with Gasteiger partial charge >= 0.3 is 0 Å². The standard InChI is InChI=1S/C15H26O/c1-11(2)12-6-9-14(3)7-5-8-15(4,16)13(14)10-12/h12-13,16H,1,5-10H2,2-4H3/t12?,13?,14-,15?/m0/s1.